The van der Waals surface area contributed by atoms with Crippen molar-refractivity contribution in [2.24, 2.45) is 0 Å². The van der Waals surface area contributed by atoms with Crippen LogP contribution in [0.3, 0.4) is 0 Å². The number of aryl methyl sites for hydroxylation is 1. The van der Waals surface area contributed by atoms with Crippen molar-refractivity contribution in [3.8, 4) is 0 Å². The van der Waals surface area contributed by atoms with Crippen molar-refractivity contribution in [3.63, 3.8) is 0 Å². The van der Waals surface area contributed by atoms with Crippen molar-refractivity contribution in [1.29, 1.82) is 0 Å². The van der Waals surface area contributed by atoms with Crippen molar-refractivity contribution in [3.05, 3.63) is 17.6 Å². The van der Waals surface area contributed by atoms with Gasteiger partial charge in [0, 0.05) is 32.6 Å². The molecule has 2 fully saturated rings. The van der Waals surface area contributed by atoms with Gasteiger partial charge in [-0.25, -0.2) is 9.97 Å². The van der Waals surface area contributed by atoms with Crippen LogP contribution in [0.2, 0.25) is 0 Å². The molecule has 3 heterocycles. The lowest BCUT2D eigenvalue weighted by atomic mass is 10.1. The molecule has 2 aliphatic heterocycles. The summed E-state index contributed by atoms with van der Waals surface area (Å²) in [7, 11) is 0. The van der Waals surface area contributed by atoms with Crippen molar-refractivity contribution >= 4 is 11.7 Å². The minimum absolute atomic E-state index is 0.0557. The molecule has 0 bridgehead atoms. The van der Waals surface area contributed by atoms with Crippen LogP contribution in [-0.2, 0) is 9.53 Å². The molecule has 7 heteroatoms. The second kappa shape index (κ2) is 5.57. The smallest absolute Gasteiger partial charge is 0.219 e. The van der Waals surface area contributed by atoms with E-state index in [1.807, 2.05) is 17.9 Å². The molecule has 2 aliphatic rings. The number of aliphatic hydroxyl groups is 1. The van der Waals surface area contributed by atoms with Gasteiger partial charge in [-0.2, -0.15) is 0 Å². The van der Waals surface area contributed by atoms with E-state index >= 15 is 0 Å². The summed E-state index contributed by atoms with van der Waals surface area (Å²) in [5, 5.41) is 9.41. The van der Waals surface area contributed by atoms with Gasteiger partial charge in [0.15, 0.2) is 0 Å². The zero-order chi connectivity index (χ0) is 15.0. The number of nitrogens with zero attached hydrogens (tertiary/aromatic N) is 4. The van der Waals surface area contributed by atoms with Gasteiger partial charge in [0.1, 0.15) is 17.7 Å². The van der Waals surface area contributed by atoms with Crippen LogP contribution in [0, 0.1) is 6.92 Å². The molecular weight excluding hydrogens is 272 g/mol. The molecule has 21 heavy (non-hydrogen) atoms. The SMILES string of the molecule is CC(=O)N1CCO[C@H](c2cc(N3CC(O)C3)nc(C)n2)C1. The van der Waals surface area contributed by atoms with Gasteiger partial charge in [-0.3, -0.25) is 4.79 Å². The number of rotatable bonds is 2. The average Bonchev–Trinajstić information content (AvgIpc) is 2.43. The Hall–Kier alpha value is -1.73. The van der Waals surface area contributed by atoms with Gasteiger partial charge >= 0.3 is 0 Å². The molecule has 0 saturated carbocycles. The first-order chi connectivity index (χ1) is 10.0. The van der Waals surface area contributed by atoms with Gasteiger partial charge in [0.2, 0.25) is 5.91 Å². The van der Waals surface area contributed by atoms with E-state index in [-0.39, 0.29) is 18.1 Å². The molecule has 1 amide bonds. The van der Waals surface area contributed by atoms with Crippen LogP contribution in [0.1, 0.15) is 24.5 Å². The molecule has 1 atom stereocenters. The van der Waals surface area contributed by atoms with Crippen LogP contribution in [-0.4, -0.2) is 64.8 Å². The number of carbonyl (C=O) groups excluding carboxylic acids is 1. The summed E-state index contributed by atoms with van der Waals surface area (Å²) in [5.74, 6) is 1.54. The number of ether oxygens (including phenoxy) is 1. The van der Waals surface area contributed by atoms with Crippen LogP contribution in [0.25, 0.3) is 0 Å². The van der Waals surface area contributed by atoms with Crippen LogP contribution < -0.4 is 4.90 Å². The molecule has 3 rings (SSSR count). The summed E-state index contributed by atoms with van der Waals surface area (Å²) in [4.78, 5) is 24.2. The first kappa shape index (κ1) is 14.2. The van der Waals surface area contributed by atoms with E-state index in [0.29, 0.717) is 38.6 Å². The fourth-order valence-electron chi connectivity index (χ4n) is 2.66. The molecule has 1 aromatic rings. The Kier molecular flexibility index (Phi) is 3.77. The Bertz CT molecular complexity index is 545. The second-order valence-corrected chi connectivity index (χ2v) is 5.58. The number of β-amino-alcohol motifs (C(OH)–C–C–N with tert-alkyl or cyclic N) is 1. The van der Waals surface area contributed by atoms with Gasteiger partial charge in [0.25, 0.3) is 0 Å². The molecule has 0 aromatic carbocycles. The van der Waals surface area contributed by atoms with Gasteiger partial charge in [-0.15, -0.1) is 0 Å². The van der Waals surface area contributed by atoms with Crippen molar-refractivity contribution in [1.82, 2.24) is 14.9 Å². The topological polar surface area (TPSA) is 78.8 Å². The summed E-state index contributed by atoms with van der Waals surface area (Å²) in [6.45, 7) is 6.28. The van der Waals surface area contributed by atoms with Crippen LogP contribution in [0.4, 0.5) is 5.82 Å². The number of carbonyl (C=O) groups is 1. The molecule has 1 N–H and O–H groups in total. The Morgan fingerprint density at radius 2 is 2.14 bits per heavy atom. The first-order valence-corrected chi connectivity index (χ1v) is 7.18. The van der Waals surface area contributed by atoms with E-state index in [2.05, 4.69) is 9.97 Å². The summed E-state index contributed by atoms with van der Waals surface area (Å²) >= 11 is 0. The highest BCUT2D eigenvalue weighted by atomic mass is 16.5. The highest BCUT2D eigenvalue weighted by Gasteiger charge is 2.29. The van der Waals surface area contributed by atoms with E-state index in [1.54, 1.807) is 11.8 Å². The normalized spacial score (nSPS) is 23.1. The second-order valence-electron chi connectivity index (χ2n) is 5.58. The average molecular weight is 292 g/mol. The first-order valence-electron chi connectivity index (χ1n) is 7.18. The molecule has 7 nitrogen and oxygen atoms in total. The minimum atomic E-state index is -0.275. The summed E-state index contributed by atoms with van der Waals surface area (Å²) in [5.41, 5.74) is 0.796. The zero-order valence-electron chi connectivity index (χ0n) is 12.3. The van der Waals surface area contributed by atoms with Crippen LogP contribution >= 0.6 is 0 Å². The fourth-order valence-corrected chi connectivity index (χ4v) is 2.66. The van der Waals surface area contributed by atoms with Gasteiger partial charge in [-0.05, 0) is 6.92 Å². The summed E-state index contributed by atoms with van der Waals surface area (Å²) in [6, 6.07) is 1.90. The minimum Gasteiger partial charge on any atom is -0.389 e. The molecule has 0 unspecified atom stereocenters. The van der Waals surface area contributed by atoms with Gasteiger partial charge < -0.3 is 19.6 Å². The standard InChI is InChI=1S/C14H20N4O3/c1-9-15-12(5-14(16-9)18-6-11(20)7-18)13-8-17(10(2)19)3-4-21-13/h5,11,13,20H,3-4,6-8H2,1-2H3/t13-/m0/s1. The number of hydrogen-bond acceptors (Lipinski definition) is 6. The van der Waals surface area contributed by atoms with E-state index in [4.69, 9.17) is 4.74 Å². The van der Waals surface area contributed by atoms with Gasteiger partial charge in [-0.1, -0.05) is 0 Å². The summed E-state index contributed by atoms with van der Waals surface area (Å²) in [6.07, 6.45) is -0.489. The number of hydrogen-bond donors (Lipinski definition) is 1. The van der Waals surface area contributed by atoms with Crippen molar-refractivity contribution in [2.45, 2.75) is 26.1 Å². The largest absolute Gasteiger partial charge is 0.389 e. The maximum atomic E-state index is 11.5. The molecule has 1 aromatic heterocycles. The zero-order valence-corrected chi connectivity index (χ0v) is 12.3. The molecular formula is C14H20N4O3. The third-order valence-electron chi connectivity index (χ3n) is 3.87. The van der Waals surface area contributed by atoms with Crippen molar-refractivity contribution in [2.75, 3.05) is 37.7 Å². The Balaban J connectivity index is 1.79. The fraction of sp³-hybridized carbons (Fsp3) is 0.643. The molecule has 0 aliphatic carbocycles. The third kappa shape index (κ3) is 2.98. The number of aliphatic hydroxyl groups excluding tert-OH is 1. The third-order valence-corrected chi connectivity index (χ3v) is 3.87. The number of anilines is 1. The lowest BCUT2D eigenvalue weighted by Crippen LogP contribution is -2.51. The van der Waals surface area contributed by atoms with E-state index in [9.17, 15) is 9.90 Å². The maximum absolute atomic E-state index is 11.5. The van der Waals surface area contributed by atoms with Gasteiger partial charge in [0.05, 0.1) is 24.9 Å². The molecule has 0 radical (unpaired) electrons. The monoisotopic (exact) mass is 292 g/mol. The van der Waals surface area contributed by atoms with E-state index in [0.717, 1.165) is 11.5 Å². The molecule has 0 spiro atoms. The number of morpholine rings is 1. The lowest BCUT2D eigenvalue weighted by molar-refractivity contribution is -0.136. The van der Waals surface area contributed by atoms with Crippen LogP contribution in [0.5, 0.6) is 0 Å². The number of aromatic nitrogens is 2. The Morgan fingerprint density at radius 3 is 2.81 bits per heavy atom. The van der Waals surface area contributed by atoms with Crippen LogP contribution in [0.15, 0.2) is 6.07 Å². The quantitative estimate of drug-likeness (QED) is 0.819. The van der Waals surface area contributed by atoms with E-state index < -0.39 is 0 Å². The predicted molar refractivity (Wildman–Crippen MR) is 75.9 cm³/mol. The predicted octanol–water partition coefficient (Wildman–Crippen LogP) is -0.114. The maximum Gasteiger partial charge on any atom is 0.219 e. The lowest BCUT2D eigenvalue weighted by Gasteiger charge is -2.37. The highest BCUT2D eigenvalue weighted by Crippen LogP contribution is 2.25. The van der Waals surface area contributed by atoms with E-state index in [1.165, 1.54) is 0 Å². The Labute approximate surface area is 123 Å². The highest BCUT2D eigenvalue weighted by molar-refractivity contribution is 5.73. The summed E-state index contributed by atoms with van der Waals surface area (Å²) < 4.78 is 5.75. The van der Waals surface area contributed by atoms with Crippen molar-refractivity contribution < 1.29 is 14.6 Å². The Morgan fingerprint density at radius 1 is 1.38 bits per heavy atom. The molecule has 2 saturated heterocycles. The number of amides is 1. The molecule has 114 valence electrons.